The van der Waals surface area contributed by atoms with Crippen molar-refractivity contribution in [1.29, 1.82) is 0 Å². The van der Waals surface area contributed by atoms with Crippen LogP contribution >= 0.6 is 15.9 Å². The minimum Gasteiger partial charge on any atom is -0.338 e. The van der Waals surface area contributed by atoms with Crippen LogP contribution in [0, 0.1) is 0 Å². The summed E-state index contributed by atoms with van der Waals surface area (Å²) in [5.41, 5.74) is 1.29. The summed E-state index contributed by atoms with van der Waals surface area (Å²) >= 11 is 3.58. The van der Waals surface area contributed by atoms with Gasteiger partial charge >= 0.3 is 0 Å². The molecule has 1 aromatic carbocycles. The fourth-order valence-corrected chi connectivity index (χ4v) is 2.60. The number of benzene rings is 1. The zero-order valence-electron chi connectivity index (χ0n) is 10.7. The zero-order valence-corrected chi connectivity index (χ0v) is 12.3. The van der Waals surface area contributed by atoms with Gasteiger partial charge in [0.15, 0.2) is 0 Å². The molecule has 2 aromatic rings. The fourth-order valence-electron chi connectivity index (χ4n) is 1.97. The van der Waals surface area contributed by atoms with Gasteiger partial charge in [0.05, 0.1) is 0 Å². The standard InChI is InChI=1S/C14H18BrN3/c1-11(12-5-3-4-6-13(12)15)16-8-7-14-17-9-10-18(14)2/h3-6,9-11,16H,7-8H2,1-2H3/t11-/m0/s1. The molecule has 0 unspecified atom stereocenters. The Balaban J connectivity index is 1.87. The van der Waals surface area contributed by atoms with Crippen LogP contribution in [0.4, 0.5) is 0 Å². The highest BCUT2D eigenvalue weighted by Crippen LogP contribution is 2.22. The minimum absolute atomic E-state index is 0.334. The third-order valence-corrected chi connectivity index (χ3v) is 3.81. The first kappa shape index (κ1) is 13.3. The van der Waals surface area contributed by atoms with Crippen LogP contribution in [-0.4, -0.2) is 16.1 Å². The Bertz CT molecular complexity index is 507. The normalized spacial score (nSPS) is 12.6. The molecule has 0 amide bonds. The van der Waals surface area contributed by atoms with Crippen molar-refractivity contribution in [1.82, 2.24) is 14.9 Å². The molecule has 1 N–H and O–H groups in total. The van der Waals surface area contributed by atoms with Crippen LogP contribution in [0.2, 0.25) is 0 Å². The maximum atomic E-state index is 4.32. The van der Waals surface area contributed by atoms with E-state index in [-0.39, 0.29) is 0 Å². The van der Waals surface area contributed by atoms with E-state index >= 15 is 0 Å². The second-order valence-corrected chi connectivity index (χ2v) is 5.26. The molecule has 3 nitrogen and oxygen atoms in total. The summed E-state index contributed by atoms with van der Waals surface area (Å²) in [6, 6.07) is 8.65. The van der Waals surface area contributed by atoms with Gasteiger partial charge in [-0.2, -0.15) is 0 Å². The Morgan fingerprint density at radius 1 is 1.39 bits per heavy atom. The van der Waals surface area contributed by atoms with E-state index in [2.05, 4.69) is 55.9 Å². The number of nitrogens with one attached hydrogen (secondary N) is 1. The summed E-state index contributed by atoms with van der Waals surface area (Å²) in [4.78, 5) is 4.32. The van der Waals surface area contributed by atoms with Gasteiger partial charge < -0.3 is 9.88 Å². The molecule has 1 aromatic heterocycles. The van der Waals surface area contributed by atoms with E-state index < -0.39 is 0 Å². The second-order valence-electron chi connectivity index (χ2n) is 4.40. The van der Waals surface area contributed by atoms with Crippen LogP contribution in [0.3, 0.4) is 0 Å². The van der Waals surface area contributed by atoms with Crippen molar-refractivity contribution in [2.45, 2.75) is 19.4 Å². The van der Waals surface area contributed by atoms with Crippen LogP contribution < -0.4 is 5.32 Å². The third-order valence-electron chi connectivity index (χ3n) is 3.09. The fraction of sp³-hybridized carbons (Fsp3) is 0.357. The topological polar surface area (TPSA) is 29.9 Å². The first-order valence-corrected chi connectivity index (χ1v) is 6.92. The molecule has 0 aliphatic carbocycles. The monoisotopic (exact) mass is 307 g/mol. The van der Waals surface area contributed by atoms with Crippen LogP contribution in [-0.2, 0) is 13.5 Å². The van der Waals surface area contributed by atoms with Crippen LogP contribution in [0.5, 0.6) is 0 Å². The lowest BCUT2D eigenvalue weighted by Crippen LogP contribution is -2.22. The summed E-state index contributed by atoms with van der Waals surface area (Å²) < 4.78 is 3.21. The van der Waals surface area contributed by atoms with E-state index in [0.717, 1.165) is 23.3 Å². The Hall–Kier alpha value is -1.13. The molecule has 0 saturated carbocycles. The second kappa shape index (κ2) is 6.16. The zero-order chi connectivity index (χ0) is 13.0. The van der Waals surface area contributed by atoms with Crippen molar-refractivity contribution in [3.8, 4) is 0 Å². The van der Waals surface area contributed by atoms with Crippen molar-refractivity contribution in [3.05, 3.63) is 52.5 Å². The van der Waals surface area contributed by atoms with Gasteiger partial charge in [-0.05, 0) is 18.6 Å². The smallest absolute Gasteiger partial charge is 0.109 e. The highest BCUT2D eigenvalue weighted by molar-refractivity contribution is 9.10. The van der Waals surface area contributed by atoms with E-state index in [0.29, 0.717) is 6.04 Å². The Labute approximate surface area is 116 Å². The van der Waals surface area contributed by atoms with Crippen molar-refractivity contribution >= 4 is 15.9 Å². The van der Waals surface area contributed by atoms with Gasteiger partial charge in [-0.25, -0.2) is 4.98 Å². The number of nitrogens with zero attached hydrogens (tertiary/aromatic N) is 2. The molecule has 96 valence electrons. The molecule has 0 fully saturated rings. The Morgan fingerprint density at radius 3 is 2.83 bits per heavy atom. The highest BCUT2D eigenvalue weighted by Gasteiger charge is 2.08. The van der Waals surface area contributed by atoms with Gasteiger partial charge in [0.1, 0.15) is 5.82 Å². The van der Waals surface area contributed by atoms with E-state index in [1.54, 1.807) is 0 Å². The first-order chi connectivity index (χ1) is 8.68. The maximum absolute atomic E-state index is 4.32. The molecule has 0 bridgehead atoms. The number of aryl methyl sites for hydroxylation is 1. The first-order valence-electron chi connectivity index (χ1n) is 6.12. The van der Waals surface area contributed by atoms with Gasteiger partial charge in [-0.3, -0.25) is 0 Å². The predicted molar refractivity (Wildman–Crippen MR) is 77.5 cm³/mol. The van der Waals surface area contributed by atoms with E-state index in [4.69, 9.17) is 0 Å². The number of aromatic nitrogens is 2. The van der Waals surface area contributed by atoms with E-state index in [9.17, 15) is 0 Å². The lowest BCUT2D eigenvalue weighted by molar-refractivity contribution is 0.563. The summed E-state index contributed by atoms with van der Waals surface area (Å²) in [6.45, 7) is 3.10. The molecular weight excluding hydrogens is 290 g/mol. The van der Waals surface area contributed by atoms with Gasteiger partial charge in [-0.15, -0.1) is 0 Å². The van der Waals surface area contributed by atoms with Crippen molar-refractivity contribution in [2.75, 3.05) is 6.54 Å². The third kappa shape index (κ3) is 3.21. The molecule has 2 rings (SSSR count). The molecule has 1 atom stereocenters. The predicted octanol–water partition coefficient (Wildman–Crippen LogP) is 3.08. The lowest BCUT2D eigenvalue weighted by Gasteiger charge is -2.15. The summed E-state index contributed by atoms with van der Waals surface area (Å²) in [6.07, 6.45) is 4.76. The molecule has 18 heavy (non-hydrogen) atoms. The average molecular weight is 308 g/mol. The minimum atomic E-state index is 0.334. The van der Waals surface area contributed by atoms with Crippen molar-refractivity contribution in [3.63, 3.8) is 0 Å². The molecule has 0 radical (unpaired) electrons. The largest absolute Gasteiger partial charge is 0.338 e. The van der Waals surface area contributed by atoms with Gasteiger partial charge in [0, 0.05) is 42.9 Å². The molecule has 4 heteroatoms. The van der Waals surface area contributed by atoms with E-state index in [1.165, 1.54) is 5.56 Å². The molecular formula is C14H18BrN3. The summed E-state index contributed by atoms with van der Waals surface area (Å²) in [5, 5.41) is 3.52. The number of hydrogen-bond acceptors (Lipinski definition) is 2. The lowest BCUT2D eigenvalue weighted by atomic mass is 10.1. The van der Waals surface area contributed by atoms with Crippen LogP contribution in [0.15, 0.2) is 41.1 Å². The van der Waals surface area contributed by atoms with Crippen molar-refractivity contribution < 1.29 is 0 Å². The number of rotatable bonds is 5. The average Bonchev–Trinajstić information content (AvgIpc) is 2.75. The molecule has 0 aliphatic rings. The molecule has 0 spiro atoms. The SMILES string of the molecule is C[C@H](NCCc1nccn1C)c1ccccc1Br. The summed E-state index contributed by atoms with van der Waals surface area (Å²) in [5.74, 6) is 1.11. The molecule has 0 saturated heterocycles. The highest BCUT2D eigenvalue weighted by atomic mass is 79.9. The Kier molecular flexibility index (Phi) is 4.55. The van der Waals surface area contributed by atoms with Gasteiger partial charge in [-0.1, -0.05) is 34.1 Å². The molecule has 1 heterocycles. The quantitative estimate of drug-likeness (QED) is 0.920. The number of imidazole rings is 1. The number of halogens is 1. The Morgan fingerprint density at radius 2 is 2.17 bits per heavy atom. The number of hydrogen-bond donors (Lipinski definition) is 1. The van der Waals surface area contributed by atoms with Gasteiger partial charge in [0.2, 0.25) is 0 Å². The van der Waals surface area contributed by atoms with Crippen LogP contribution in [0.1, 0.15) is 24.4 Å². The van der Waals surface area contributed by atoms with Crippen LogP contribution in [0.25, 0.3) is 0 Å². The maximum Gasteiger partial charge on any atom is 0.109 e. The van der Waals surface area contributed by atoms with Crippen molar-refractivity contribution in [2.24, 2.45) is 7.05 Å². The molecule has 0 aliphatic heterocycles. The van der Waals surface area contributed by atoms with Gasteiger partial charge in [0.25, 0.3) is 0 Å². The summed E-state index contributed by atoms with van der Waals surface area (Å²) in [7, 11) is 2.03. The van der Waals surface area contributed by atoms with E-state index in [1.807, 2.05) is 25.5 Å².